The van der Waals surface area contributed by atoms with Crippen molar-refractivity contribution in [1.82, 2.24) is 5.43 Å². The van der Waals surface area contributed by atoms with E-state index in [0.717, 1.165) is 40.4 Å². The number of fused-ring (bicyclic) bond motifs is 7. The van der Waals surface area contributed by atoms with Crippen molar-refractivity contribution in [3.63, 3.8) is 0 Å². The fourth-order valence-electron chi connectivity index (χ4n) is 8.87. The minimum Gasteiger partial charge on any atom is -0.324 e. The van der Waals surface area contributed by atoms with Crippen LogP contribution < -0.4 is 11.3 Å². The Hall–Kier alpha value is -6.92. The fraction of sp³-hybridized carbons (Fsp3) is 0.0566. The molecule has 2 nitrogen and oxygen atoms in total. The number of nitrogens with one attached hydrogen (secondary N) is 1. The minimum atomic E-state index is -0.101. The summed E-state index contributed by atoms with van der Waals surface area (Å²) in [5.74, 6) is 6.59. The van der Waals surface area contributed by atoms with Gasteiger partial charge in [-0.15, -0.1) is 0 Å². The number of hydrogen-bond acceptors (Lipinski definition) is 2. The molecule has 0 aliphatic heterocycles. The third kappa shape index (κ3) is 5.74. The van der Waals surface area contributed by atoms with Crippen LogP contribution in [0.25, 0.3) is 65.0 Å². The molecular weight excluding hydrogens is 665 g/mol. The molecule has 9 aromatic rings. The average Bonchev–Trinajstić information content (AvgIpc) is 3.26. The van der Waals surface area contributed by atoms with Gasteiger partial charge in [-0.1, -0.05) is 170 Å². The zero-order valence-corrected chi connectivity index (χ0v) is 30.4. The van der Waals surface area contributed by atoms with Gasteiger partial charge in [-0.3, -0.25) is 5.84 Å². The zero-order chi connectivity index (χ0) is 36.7. The standard InChI is InChI=1S/C53H38N2/c54-55-53(34-51(36-13-2-1-3-14-36)46-23-10-18-35-15-4-7-19-40(35)46)52-33-39(43-22-11-24-44-41-20-8-5-16-37(41)27-30-48(43)44)29-32-50(52)47-26-12-25-45-42-21-9-6-17-38(42)28-31-49(45)47/h1-6,8-18,20-28,30-31,33-34,51,55H,29,32,54H2/b53-34-. The van der Waals surface area contributed by atoms with Gasteiger partial charge in [0.2, 0.25) is 0 Å². The quantitative estimate of drug-likeness (QED) is 0.0986. The fourth-order valence-corrected chi connectivity index (χ4v) is 8.87. The Morgan fingerprint density at radius 1 is 0.545 bits per heavy atom. The molecule has 0 saturated heterocycles. The largest absolute Gasteiger partial charge is 0.324 e. The molecule has 0 saturated carbocycles. The van der Waals surface area contributed by atoms with Gasteiger partial charge < -0.3 is 5.43 Å². The number of allylic oxidation sites excluding steroid dienone is 4. The van der Waals surface area contributed by atoms with E-state index in [4.69, 9.17) is 5.84 Å². The molecule has 3 N–H and O–H groups in total. The van der Waals surface area contributed by atoms with Crippen LogP contribution >= 0.6 is 0 Å². The molecule has 0 radical (unpaired) electrons. The minimum absolute atomic E-state index is 0.101. The van der Waals surface area contributed by atoms with E-state index in [1.807, 2.05) is 6.07 Å². The molecule has 1 atom stereocenters. The van der Waals surface area contributed by atoms with Crippen molar-refractivity contribution >= 4 is 65.0 Å². The Kier molecular flexibility index (Phi) is 8.21. The van der Waals surface area contributed by atoms with Gasteiger partial charge in [0, 0.05) is 16.9 Å². The first kappa shape index (κ1) is 32.7. The molecular formula is C53H38N2. The van der Waals surface area contributed by atoms with Gasteiger partial charge in [0.25, 0.3) is 0 Å². The lowest BCUT2D eigenvalue weighted by molar-refractivity contribution is 0.872. The van der Waals surface area contributed by atoms with Crippen molar-refractivity contribution in [2.45, 2.75) is 18.8 Å². The maximum atomic E-state index is 6.69. The van der Waals surface area contributed by atoms with Gasteiger partial charge in [0.15, 0.2) is 0 Å². The van der Waals surface area contributed by atoms with Crippen LogP contribution in [-0.4, -0.2) is 0 Å². The van der Waals surface area contributed by atoms with Crippen molar-refractivity contribution in [2.75, 3.05) is 0 Å². The second-order valence-corrected chi connectivity index (χ2v) is 14.5. The summed E-state index contributed by atoms with van der Waals surface area (Å²) < 4.78 is 0. The highest BCUT2D eigenvalue weighted by atomic mass is 15.2. The van der Waals surface area contributed by atoms with Gasteiger partial charge in [0.05, 0.1) is 5.70 Å². The number of hydrogen-bond donors (Lipinski definition) is 2. The van der Waals surface area contributed by atoms with Crippen molar-refractivity contribution in [3.8, 4) is 0 Å². The molecule has 0 aromatic heterocycles. The van der Waals surface area contributed by atoms with Crippen LogP contribution in [0.1, 0.15) is 41.0 Å². The predicted molar refractivity (Wildman–Crippen MR) is 232 cm³/mol. The SMILES string of the molecule is NN/C(=C\C(c1ccccc1)c1cccc2ccc#cc12)C1=C(c2cccc3c2ccc2ccccc23)CCC(c2cccc3c2ccc2ccccc23)=C1. The molecule has 0 spiro atoms. The average molecular weight is 703 g/mol. The van der Waals surface area contributed by atoms with E-state index in [1.165, 1.54) is 70.9 Å². The lowest BCUT2D eigenvalue weighted by atomic mass is 9.80. The lowest BCUT2D eigenvalue weighted by Gasteiger charge is -2.26. The van der Waals surface area contributed by atoms with Crippen molar-refractivity contribution in [3.05, 3.63) is 228 Å². The number of nitrogens with two attached hydrogens (primary N) is 1. The van der Waals surface area contributed by atoms with Crippen LogP contribution in [0, 0.1) is 12.1 Å². The van der Waals surface area contributed by atoms with Gasteiger partial charge >= 0.3 is 0 Å². The molecule has 0 fully saturated rings. The normalized spacial score (nSPS) is 14.1. The van der Waals surface area contributed by atoms with Crippen LogP contribution in [0.4, 0.5) is 0 Å². The smallest absolute Gasteiger partial charge is 0.0530 e. The molecule has 260 valence electrons. The van der Waals surface area contributed by atoms with Gasteiger partial charge in [-0.2, -0.15) is 0 Å². The molecule has 55 heavy (non-hydrogen) atoms. The van der Waals surface area contributed by atoms with Gasteiger partial charge in [-0.05, 0) is 119 Å². The van der Waals surface area contributed by atoms with E-state index in [1.54, 1.807) is 0 Å². The van der Waals surface area contributed by atoms with Gasteiger partial charge in [-0.25, -0.2) is 0 Å². The summed E-state index contributed by atoms with van der Waals surface area (Å²) in [4.78, 5) is 0. The molecule has 10 rings (SSSR count). The maximum Gasteiger partial charge on any atom is 0.0530 e. The van der Waals surface area contributed by atoms with Crippen molar-refractivity contribution in [1.29, 1.82) is 0 Å². The molecule has 1 aliphatic carbocycles. The molecule has 0 amide bonds. The summed E-state index contributed by atoms with van der Waals surface area (Å²) in [7, 11) is 0. The first-order valence-electron chi connectivity index (χ1n) is 19.1. The summed E-state index contributed by atoms with van der Waals surface area (Å²) in [5.41, 5.74) is 12.7. The highest BCUT2D eigenvalue weighted by molar-refractivity contribution is 6.13. The highest BCUT2D eigenvalue weighted by Gasteiger charge is 2.24. The van der Waals surface area contributed by atoms with Crippen LogP contribution in [-0.2, 0) is 0 Å². The molecule has 0 bridgehead atoms. The van der Waals surface area contributed by atoms with E-state index in [2.05, 4.69) is 194 Å². The zero-order valence-electron chi connectivity index (χ0n) is 30.4. The predicted octanol–water partition coefficient (Wildman–Crippen LogP) is 12.9. The Labute approximate surface area is 321 Å². The van der Waals surface area contributed by atoms with Crippen LogP contribution in [0.2, 0.25) is 0 Å². The number of rotatable bonds is 7. The topological polar surface area (TPSA) is 38.0 Å². The number of hydrazine groups is 1. The Morgan fingerprint density at radius 2 is 1.16 bits per heavy atom. The molecule has 2 heteroatoms. The molecule has 1 aliphatic rings. The second-order valence-electron chi connectivity index (χ2n) is 14.5. The highest BCUT2D eigenvalue weighted by Crippen LogP contribution is 2.44. The van der Waals surface area contributed by atoms with E-state index >= 15 is 0 Å². The van der Waals surface area contributed by atoms with E-state index < -0.39 is 0 Å². The molecule has 9 aromatic carbocycles. The van der Waals surface area contributed by atoms with Crippen LogP contribution in [0.5, 0.6) is 0 Å². The van der Waals surface area contributed by atoms with Crippen LogP contribution in [0.15, 0.2) is 193 Å². The lowest BCUT2D eigenvalue weighted by Crippen LogP contribution is -2.24. The third-order valence-corrected chi connectivity index (χ3v) is 11.5. The third-order valence-electron chi connectivity index (χ3n) is 11.5. The van der Waals surface area contributed by atoms with Gasteiger partial charge in [0.1, 0.15) is 0 Å². The Balaban J connectivity index is 1.24. The number of benzene rings is 8. The monoisotopic (exact) mass is 702 g/mol. The summed E-state index contributed by atoms with van der Waals surface area (Å²) >= 11 is 0. The first-order valence-corrected chi connectivity index (χ1v) is 19.1. The first-order chi connectivity index (χ1) is 27.2. The Morgan fingerprint density at radius 3 is 1.89 bits per heavy atom. The van der Waals surface area contributed by atoms with Crippen molar-refractivity contribution < 1.29 is 0 Å². The molecule has 0 heterocycles. The summed E-state index contributed by atoms with van der Waals surface area (Å²) in [5, 5.41) is 12.3. The van der Waals surface area contributed by atoms with E-state index in [9.17, 15) is 0 Å². The van der Waals surface area contributed by atoms with Crippen LogP contribution in [0.3, 0.4) is 0 Å². The van der Waals surface area contributed by atoms with Crippen molar-refractivity contribution in [2.24, 2.45) is 5.84 Å². The second kappa shape index (κ2) is 13.8. The van der Waals surface area contributed by atoms with E-state index in [0.29, 0.717) is 0 Å². The van der Waals surface area contributed by atoms with E-state index in [-0.39, 0.29) is 5.92 Å². The summed E-state index contributed by atoms with van der Waals surface area (Å²) in [6, 6.07) is 67.8. The maximum absolute atomic E-state index is 6.69. The summed E-state index contributed by atoms with van der Waals surface area (Å²) in [6.45, 7) is 0. The Bertz CT molecular complexity index is 3020. The molecule has 1 unspecified atom stereocenters. The summed E-state index contributed by atoms with van der Waals surface area (Å²) in [6.07, 6.45) is 6.49.